The highest BCUT2D eigenvalue weighted by molar-refractivity contribution is 5.98. The molecule has 0 unspecified atom stereocenters. The minimum Gasteiger partial charge on any atom is -0.480 e. The van der Waals surface area contributed by atoms with E-state index in [1.54, 1.807) is 20.8 Å². The summed E-state index contributed by atoms with van der Waals surface area (Å²) in [5.41, 5.74) is 3.84. The van der Waals surface area contributed by atoms with Crippen molar-refractivity contribution in [3.8, 4) is 17.1 Å². The fraction of sp³-hybridized carbons (Fsp3) is 0.435. The number of nitrogens with zero attached hydrogens (tertiary/aromatic N) is 5. The first-order valence-corrected chi connectivity index (χ1v) is 11.3. The van der Waals surface area contributed by atoms with Crippen molar-refractivity contribution in [2.75, 3.05) is 25.9 Å². The number of fused-ring (bicyclic) bond motifs is 1. The second kappa shape index (κ2) is 9.41. The Morgan fingerprint density at radius 2 is 1.92 bits per heavy atom. The van der Waals surface area contributed by atoms with E-state index in [0.29, 0.717) is 13.0 Å². The van der Waals surface area contributed by atoms with Crippen molar-refractivity contribution in [3.63, 3.8) is 0 Å². The molecule has 37 heavy (non-hydrogen) atoms. The molecule has 0 spiro atoms. The third kappa shape index (κ3) is 5.37. The largest absolute Gasteiger partial charge is 0.480 e. The van der Waals surface area contributed by atoms with Gasteiger partial charge in [-0.15, -0.1) is 0 Å². The summed E-state index contributed by atoms with van der Waals surface area (Å²) in [5, 5.41) is 6.75. The van der Waals surface area contributed by atoms with Crippen molar-refractivity contribution in [1.82, 2.24) is 29.8 Å². The Kier molecular flexibility index (Phi) is 6.60. The molecule has 3 aromatic heterocycles. The predicted molar refractivity (Wildman–Crippen MR) is 126 cm³/mol. The minimum absolute atomic E-state index is 0.00116. The zero-order chi connectivity index (χ0) is 27.1. The molecule has 0 bridgehead atoms. The van der Waals surface area contributed by atoms with Gasteiger partial charge < -0.3 is 25.4 Å². The Balaban J connectivity index is 1.62. The Morgan fingerprint density at radius 1 is 1.19 bits per heavy atom. The SMILES string of the molecule is COc1ncc(-c2cc(C(F)(F)F)c3c(N)ncnn23)cc1C(=O)N[C@H]1CCN(C(=O)OC(C)(C)C)C1. The Morgan fingerprint density at radius 3 is 2.57 bits per heavy atom. The summed E-state index contributed by atoms with van der Waals surface area (Å²) < 4.78 is 52.7. The average molecular weight is 522 g/mol. The van der Waals surface area contributed by atoms with Gasteiger partial charge in [0.15, 0.2) is 5.82 Å². The van der Waals surface area contributed by atoms with E-state index in [0.717, 1.165) is 16.9 Å². The smallest absolute Gasteiger partial charge is 0.418 e. The third-order valence-electron chi connectivity index (χ3n) is 5.65. The van der Waals surface area contributed by atoms with E-state index in [4.69, 9.17) is 15.2 Å². The first-order valence-electron chi connectivity index (χ1n) is 11.3. The molecule has 4 rings (SSSR count). The van der Waals surface area contributed by atoms with Crippen LogP contribution in [0.5, 0.6) is 5.88 Å². The number of carbonyl (C=O) groups is 2. The zero-order valence-electron chi connectivity index (χ0n) is 20.6. The Hall–Kier alpha value is -4.10. The number of nitrogens with one attached hydrogen (secondary N) is 1. The van der Waals surface area contributed by atoms with Gasteiger partial charge in [-0.2, -0.15) is 18.3 Å². The maximum Gasteiger partial charge on any atom is 0.418 e. The molecule has 4 heterocycles. The van der Waals surface area contributed by atoms with Crippen molar-refractivity contribution < 1.29 is 32.2 Å². The quantitative estimate of drug-likeness (QED) is 0.534. The number of methoxy groups -OCH3 is 1. The molecule has 14 heteroatoms. The number of anilines is 1. The van der Waals surface area contributed by atoms with E-state index in [9.17, 15) is 22.8 Å². The minimum atomic E-state index is -4.72. The highest BCUT2D eigenvalue weighted by atomic mass is 19.4. The molecule has 1 fully saturated rings. The number of ether oxygens (including phenoxy) is 2. The highest BCUT2D eigenvalue weighted by Crippen LogP contribution is 2.39. The van der Waals surface area contributed by atoms with Crippen molar-refractivity contribution in [3.05, 3.63) is 35.8 Å². The Bertz CT molecular complexity index is 1350. The molecular formula is C23H26F3N7O4. The van der Waals surface area contributed by atoms with E-state index >= 15 is 0 Å². The van der Waals surface area contributed by atoms with Crippen LogP contribution in [0.2, 0.25) is 0 Å². The van der Waals surface area contributed by atoms with E-state index in [2.05, 4.69) is 20.4 Å². The number of halogens is 3. The van der Waals surface area contributed by atoms with Crippen molar-refractivity contribution in [2.45, 2.75) is 45.0 Å². The number of rotatable bonds is 4. The van der Waals surface area contributed by atoms with Crippen LogP contribution < -0.4 is 15.8 Å². The summed E-state index contributed by atoms with van der Waals surface area (Å²) in [6.07, 6.45) is -2.39. The molecule has 0 aromatic carbocycles. The van der Waals surface area contributed by atoms with Crippen LogP contribution in [0, 0.1) is 0 Å². The summed E-state index contributed by atoms with van der Waals surface area (Å²) in [4.78, 5) is 34.8. The molecule has 3 N–H and O–H groups in total. The van der Waals surface area contributed by atoms with Crippen LogP contribution in [0.1, 0.15) is 43.1 Å². The van der Waals surface area contributed by atoms with Crippen LogP contribution in [-0.2, 0) is 10.9 Å². The van der Waals surface area contributed by atoms with Crippen LogP contribution in [0.3, 0.4) is 0 Å². The maximum atomic E-state index is 13.7. The number of nitrogens with two attached hydrogens (primary N) is 1. The number of pyridine rings is 1. The molecule has 0 aliphatic carbocycles. The first-order chi connectivity index (χ1) is 17.3. The lowest BCUT2D eigenvalue weighted by Crippen LogP contribution is -2.40. The molecule has 1 atom stereocenters. The molecule has 1 saturated heterocycles. The summed E-state index contributed by atoms with van der Waals surface area (Å²) in [6, 6.07) is 1.87. The number of hydrogen-bond acceptors (Lipinski definition) is 8. The van der Waals surface area contributed by atoms with Gasteiger partial charge in [-0.05, 0) is 39.3 Å². The molecule has 3 aromatic rings. The Labute approximate surface area is 209 Å². The zero-order valence-corrected chi connectivity index (χ0v) is 20.6. The lowest BCUT2D eigenvalue weighted by Gasteiger charge is -2.24. The molecule has 11 nitrogen and oxygen atoms in total. The van der Waals surface area contributed by atoms with E-state index < -0.39 is 34.9 Å². The van der Waals surface area contributed by atoms with Gasteiger partial charge in [0.05, 0.1) is 18.4 Å². The molecule has 0 saturated carbocycles. The summed E-state index contributed by atoms with van der Waals surface area (Å²) in [6.45, 7) is 5.92. The van der Waals surface area contributed by atoms with Gasteiger partial charge >= 0.3 is 12.3 Å². The normalized spacial score (nSPS) is 16.2. The van der Waals surface area contributed by atoms with Gasteiger partial charge in [0.1, 0.15) is 23.0 Å². The van der Waals surface area contributed by atoms with Gasteiger partial charge in [0.2, 0.25) is 5.88 Å². The number of hydrogen-bond donors (Lipinski definition) is 2. The van der Waals surface area contributed by atoms with Gasteiger partial charge in [0, 0.05) is 30.9 Å². The number of alkyl halides is 3. The number of aromatic nitrogens is 4. The van der Waals surface area contributed by atoms with Gasteiger partial charge in [-0.3, -0.25) is 4.79 Å². The number of nitrogen functional groups attached to an aromatic ring is 1. The summed E-state index contributed by atoms with van der Waals surface area (Å²) in [7, 11) is 1.32. The van der Waals surface area contributed by atoms with E-state index in [-0.39, 0.29) is 41.1 Å². The molecular weight excluding hydrogens is 495 g/mol. The molecule has 1 aliphatic heterocycles. The molecule has 198 valence electrons. The fourth-order valence-corrected chi connectivity index (χ4v) is 4.04. The van der Waals surface area contributed by atoms with Crippen LogP contribution in [-0.4, -0.2) is 68.3 Å². The van der Waals surface area contributed by atoms with Gasteiger partial charge in [-0.25, -0.2) is 19.3 Å². The van der Waals surface area contributed by atoms with Gasteiger partial charge in [-0.1, -0.05) is 0 Å². The first kappa shape index (κ1) is 26.0. The van der Waals surface area contributed by atoms with Crippen molar-refractivity contribution in [1.29, 1.82) is 0 Å². The second-order valence-electron chi connectivity index (χ2n) is 9.51. The lowest BCUT2D eigenvalue weighted by atomic mass is 10.1. The van der Waals surface area contributed by atoms with Crippen LogP contribution >= 0.6 is 0 Å². The molecule has 1 aliphatic rings. The monoisotopic (exact) mass is 521 g/mol. The van der Waals surface area contributed by atoms with Crippen molar-refractivity contribution >= 4 is 23.3 Å². The highest BCUT2D eigenvalue weighted by Gasteiger charge is 2.37. The molecule has 2 amide bonds. The van der Waals surface area contributed by atoms with E-state index in [1.165, 1.54) is 24.3 Å². The van der Waals surface area contributed by atoms with Crippen LogP contribution in [0.4, 0.5) is 23.8 Å². The topological polar surface area (TPSA) is 137 Å². The summed E-state index contributed by atoms with van der Waals surface area (Å²) >= 11 is 0. The molecule has 0 radical (unpaired) electrons. The number of carbonyl (C=O) groups excluding carboxylic acids is 2. The lowest BCUT2D eigenvalue weighted by molar-refractivity contribution is -0.136. The second-order valence-corrected chi connectivity index (χ2v) is 9.51. The average Bonchev–Trinajstić information content (AvgIpc) is 3.43. The standard InChI is InChI=1S/C23H26F3N7O4/c1-22(2,3)37-21(35)32-6-5-13(10-32)31-19(34)14-7-12(9-28-20(14)36-4)16-8-15(23(24,25)26)17-18(27)29-11-30-33(16)17/h7-9,11,13H,5-6,10H2,1-4H3,(H,31,34)(H2,27,29,30)/t13-/m0/s1. The maximum absolute atomic E-state index is 13.7. The van der Waals surface area contributed by atoms with Gasteiger partial charge in [0.25, 0.3) is 5.91 Å². The van der Waals surface area contributed by atoms with Crippen LogP contribution in [0.25, 0.3) is 16.8 Å². The van der Waals surface area contributed by atoms with Crippen LogP contribution in [0.15, 0.2) is 24.7 Å². The third-order valence-corrected chi connectivity index (χ3v) is 5.65. The predicted octanol–water partition coefficient (Wildman–Crippen LogP) is 3.14. The van der Waals surface area contributed by atoms with Crippen molar-refractivity contribution in [2.24, 2.45) is 0 Å². The summed E-state index contributed by atoms with van der Waals surface area (Å²) in [5.74, 6) is -0.925. The van der Waals surface area contributed by atoms with E-state index in [1.807, 2.05) is 0 Å². The number of amides is 2. The fourth-order valence-electron chi connectivity index (χ4n) is 4.04. The number of likely N-dealkylation sites (tertiary alicyclic amines) is 1.